The number of carboxylic acid groups (broad SMARTS) is 1. The number of anilines is 1. The fourth-order valence-corrected chi connectivity index (χ4v) is 5.14. The Morgan fingerprint density at radius 3 is 2.38 bits per heavy atom. The standard InChI is InChI=1S/C31H21N3O4S/c35-28-26(29(36)34(31(39)32-28)24-13-11-21(12-14-24)30(37)38)16-23-18-33(27-8-4-3-7-25(23)27)17-19-9-10-20-5-1-2-6-22(20)15-19/h1-16,18H,17H2,(H,37,38)(H,32,35,39)/b26-16+. The highest BCUT2D eigenvalue weighted by atomic mass is 32.1. The number of nitrogens with one attached hydrogen (secondary N) is 1. The number of hydrogen-bond donors (Lipinski definition) is 2. The molecule has 1 aromatic heterocycles. The van der Waals surface area contributed by atoms with E-state index in [1.807, 2.05) is 42.6 Å². The summed E-state index contributed by atoms with van der Waals surface area (Å²) in [6.07, 6.45) is 3.52. The molecule has 0 radical (unpaired) electrons. The number of carboxylic acids is 1. The lowest BCUT2D eigenvalue weighted by Crippen LogP contribution is -2.54. The maximum absolute atomic E-state index is 13.5. The van der Waals surface area contributed by atoms with Gasteiger partial charge in [-0.05, 0) is 71.0 Å². The van der Waals surface area contributed by atoms with E-state index in [-0.39, 0.29) is 16.2 Å². The van der Waals surface area contributed by atoms with E-state index in [2.05, 4.69) is 40.2 Å². The van der Waals surface area contributed by atoms with Gasteiger partial charge in [0.25, 0.3) is 11.8 Å². The Balaban J connectivity index is 1.38. The average molecular weight is 532 g/mol. The van der Waals surface area contributed by atoms with Gasteiger partial charge in [-0.2, -0.15) is 0 Å². The van der Waals surface area contributed by atoms with Gasteiger partial charge in [0.15, 0.2) is 5.11 Å². The molecule has 190 valence electrons. The van der Waals surface area contributed by atoms with Gasteiger partial charge in [-0.1, -0.05) is 54.6 Å². The lowest BCUT2D eigenvalue weighted by molar-refractivity contribution is -0.122. The Labute approximate surface area is 228 Å². The minimum absolute atomic E-state index is 0.0658. The molecular formula is C31H21N3O4S. The van der Waals surface area contributed by atoms with Crippen molar-refractivity contribution in [3.8, 4) is 0 Å². The van der Waals surface area contributed by atoms with Crippen LogP contribution >= 0.6 is 12.2 Å². The van der Waals surface area contributed by atoms with Gasteiger partial charge in [-0.3, -0.25) is 19.8 Å². The molecule has 1 aliphatic rings. The van der Waals surface area contributed by atoms with Crippen LogP contribution in [-0.4, -0.2) is 32.6 Å². The quantitative estimate of drug-likeness (QED) is 0.181. The number of benzene rings is 4. The Hall–Kier alpha value is -5.08. The first-order valence-electron chi connectivity index (χ1n) is 12.2. The fourth-order valence-electron chi connectivity index (χ4n) is 4.86. The number of hydrogen-bond acceptors (Lipinski definition) is 4. The van der Waals surface area contributed by atoms with Crippen molar-refractivity contribution in [3.63, 3.8) is 0 Å². The maximum Gasteiger partial charge on any atom is 0.335 e. The van der Waals surface area contributed by atoms with Gasteiger partial charge in [0, 0.05) is 29.2 Å². The Morgan fingerprint density at radius 1 is 0.897 bits per heavy atom. The van der Waals surface area contributed by atoms with Gasteiger partial charge in [-0.15, -0.1) is 0 Å². The zero-order valence-electron chi connectivity index (χ0n) is 20.5. The van der Waals surface area contributed by atoms with Gasteiger partial charge in [0.1, 0.15) is 5.57 Å². The predicted molar refractivity (Wildman–Crippen MR) is 155 cm³/mol. The fraction of sp³-hybridized carbons (Fsp3) is 0.0323. The molecule has 2 amide bonds. The van der Waals surface area contributed by atoms with Crippen LogP contribution in [0, 0.1) is 0 Å². The van der Waals surface area contributed by atoms with E-state index in [9.17, 15) is 19.5 Å². The highest BCUT2D eigenvalue weighted by Gasteiger charge is 2.34. The Morgan fingerprint density at radius 2 is 1.62 bits per heavy atom. The van der Waals surface area contributed by atoms with Crippen molar-refractivity contribution in [1.82, 2.24) is 9.88 Å². The van der Waals surface area contributed by atoms with Crippen molar-refractivity contribution in [1.29, 1.82) is 0 Å². The molecule has 0 saturated carbocycles. The number of carbonyl (C=O) groups is 3. The van der Waals surface area contributed by atoms with Crippen LogP contribution in [0.4, 0.5) is 5.69 Å². The third-order valence-electron chi connectivity index (χ3n) is 6.76. The van der Waals surface area contributed by atoms with Crippen LogP contribution in [0.25, 0.3) is 27.8 Å². The molecule has 2 heterocycles. The van der Waals surface area contributed by atoms with E-state index in [0.717, 1.165) is 27.4 Å². The van der Waals surface area contributed by atoms with E-state index >= 15 is 0 Å². The summed E-state index contributed by atoms with van der Waals surface area (Å²) < 4.78 is 2.10. The smallest absolute Gasteiger partial charge is 0.335 e. The van der Waals surface area contributed by atoms with Crippen LogP contribution in [0.15, 0.2) is 103 Å². The van der Waals surface area contributed by atoms with Gasteiger partial charge < -0.3 is 9.67 Å². The summed E-state index contributed by atoms with van der Waals surface area (Å²) in [6, 6.07) is 28.1. The third kappa shape index (κ3) is 4.47. The normalized spacial score (nSPS) is 14.8. The number of amides is 2. The van der Waals surface area contributed by atoms with Crippen LogP contribution in [0.3, 0.4) is 0 Å². The molecule has 0 spiro atoms. The van der Waals surface area contributed by atoms with Crippen LogP contribution in [0.2, 0.25) is 0 Å². The number of carbonyl (C=O) groups excluding carboxylic acids is 2. The number of thiocarbonyl (C=S) groups is 1. The van der Waals surface area contributed by atoms with Crippen molar-refractivity contribution in [2.75, 3.05) is 4.90 Å². The Kier molecular flexibility index (Phi) is 6.01. The first-order chi connectivity index (χ1) is 18.9. The molecule has 8 heteroatoms. The van der Waals surface area contributed by atoms with E-state index in [4.69, 9.17) is 12.2 Å². The molecule has 0 atom stereocenters. The van der Waals surface area contributed by atoms with Crippen LogP contribution in [0.1, 0.15) is 21.5 Å². The first-order valence-corrected chi connectivity index (χ1v) is 12.6. The first kappa shape index (κ1) is 24.3. The summed E-state index contributed by atoms with van der Waals surface area (Å²) >= 11 is 5.28. The van der Waals surface area contributed by atoms with Crippen molar-refractivity contribution in [2.24, 2.45) is 0 Å². The molecule has 7 nitrogen and oxygen atoms in total. The molecule has 0 unspecified atom stereocenters. The zero-order valence-corrected chi connectivity index (χ0v) is 21.3. The molecule has 1 aliphatic heterocycles. The van der Waals surface area contributed by atoms with Gasteiger partial charge in [0.05, 0.1) is 11.3 Å². The van der Waals surface area contributed by atoms with Crippen LogP contribution in [0.5, 0.6) is 0 Å². The minimum Gasteiger partial charge on any atom is -0.478 e. The molecule has 5 aromatic rings. The molecule has 4 aromatic carbocycles. The molecule has 39 heavy (non-hydrogen) atoms. The van der Waals surface area contributed by atoms with Gasteiger partial charge in [0.2, 0.25) is 0 Å². The lowest BCUT2D eigenvalue weighted by atomic mass is 10.1. The summed E-state index contributed by atoms with van der Waals surface area (Å²) in [4.78, 5) is 38.8. The number of aromatic carboxylic acids is 1. The highest BCUT2D eigenvalue weighted by Crippen LogP contribution is 2.28. The van der Waals surface area contributed by atoms with E-state index in [1.54, 1.807) is 6.08 Å². The number of nitrogens with zero attached hydrogens (tertiary/aromatic N) is 2. The number of para-hydroxylation sites is 1. The van der Waals surface area contributed by atoms with E-state index in [1.165, 1.54) is 34.6 Å². The van der Waals surface area contributed by atoms with Crippen molar-refractivity contribution >= 4 is 68.6 Å². The van der Waals surface area contributed by atoms with Crippen LogP contribution in [-0.2, 0) is 16.1 Å². The molecule has 1 fully saturated rings. The predicted octanol–water partition coefficient (Wildman–Crippen LogP) is 5.37. The van der Waals surface area contributed by atoms with Crippen LogP contribution < -0.4 is 10.2 Å². The highest BCUT2D eigenvalue weighted by molar-refractivity contribution is 7.80. The van der Waals surface area contributed by atoms with Crippen molar-refractivity contribution in [3.05, 3.63) is 119 Å². The average Bonchev–Trinajstić information content (AvgIpc) is 3.28. The second kappa shape index (κ2) is 9.66. The summed E-state index contributed by atoms with van der Waals surface area (Å²) in [5, 5.41) is 14.9. The number of fused-ring (bicyclic) bond motifs is 2. The van der Waals surface area contributed by atoms with E-state index in [0.29, 0.717) is 12.2 Å². The van der Waals surface area contributed by atoms with Crippen molar-refractivity contribution < 1.29 is 19.5 Å². The Bertz CT molecular complexity index is 1850. The third-order valence-corrected chi connectivity index (χ3v) is 7.04. The summed E-state index contributed by atoms with van der Waals surface area (Å²) in [5.74, 6) is -2.25. The second-order valence-corrected chi connectivity index (χ2v) is 9.61. The molecule has 0 bridgehead atoms. The summed E-state index contributed by atoms with van der Waals surface area (Å²) in [6.45, 7) is 0.612. The molecule has 0 aliphatic carbocycles. The number of rotatable bonds is 5. The summed E-state index contributed by atoms with van der Waals surface area (Å²) in [7, 11) is 0. The monoisotopic (exact) mass is 531 g/mol. The van der Waals surface area contributed by atoms with Gasteiger partial charge in [-0.25, -0.2) is 4.79 Å². The summed E-state index contributed by atoms with van der Waals surface area (Å²) in [5.41, 5.74) is 3.19. The SMILES string of the molecule is O=C1NC(=S)N(c2ccc(C(=O)O)cc2)C(=O)/C1=C/c1cn(Cc2ccc3ccccc3c2)c2ccccc12. The molecule has 2 N–H and O–H groups in total. The largest absolute Gasteiger partial charge is 0.478 e. The lowest BCUT2D eigenvalue weighted by Gasteiger charge is -2.28. The number of aromatic nitrogens is 1. The van der Waals surface area contributed by atoms with Crippen molar-refractivity contribution in [2.45, 2.75) is 6.54 Å². The molecular weight excluding hydrogens is 510 g/mol. The molecule has 1 saturated heterocycles. The van der Waals surface area contributed by atoms with E-state index < -0.39 is 17.8 Å². The zero-order chi connectivity index (χ0) is 27.1. The second-order valence-electron chi connectivity index (χ2n) is 9.22. The molecule has 6 rings (SSSR count). The topological polar surface area (TPSA) is 91.6 Å². The minimum atomic E-state index is -1.08. The maximum atomic E-state index is 13.5. The van der Waals surface area contributed by atoms with Gasteiger partial charge >= 0.3 is 5.97 Å².